The highest BCUT2D eigenvalue weighted by Gasteiger charge is 2.11. The predicted octanol–water partition coefficient (Wildman–Crippen LogP) is 4.71. The highest BCUT2D eigenvalue weighted by Crippen LogP contribution is 2.30. The van der Waals surface area contributed by atoms with Gasteiger partial charge in [-0.05, 0) is 47.1 Å². The van der Waals surface area contributed by atoms with Crippen LogP contribution in [0.2, 0.25) is 10.2 Å². The summed E-state index contributed by atoms with van der Waals surface area (Å²) in [4.78, 5) is 16.1. The molecule has 1 aromatic carbocycles. The second-order valence-corrected chi connectivity index (χ2v) is 5.46. The van der Waals surface area contributed by atoms with Crippen LogP contribution < -0.4 is 5.32 Å². The number of benzene rings is 1. The molecule has 1 aromatic heterocycles. The van der Waals surface area contributed by atoms with E-state index in [1.165, 1.54) is 6.07 Å². The molecule has 0 fully saturated rings. The molecule has 0 saturated carbocycles. The maximum atomic E-state index is 12.1. The molecule has 0 radical (unpaired) electrons. The molecule has 3 nitrogen and oxygen atoms in total. The maximum Gasteiger partial charge on any atom is 0.255 e. The van der Waals surface area contributed by atoms with Crippen LogP contribution in [0.3, 0.4) is 0 Å². The Kier molecular flexibility index (Phi) is 4.45. The van der Waals surface area contributed by atoms with Crippen molar-refractivity contribution < 1.29 is 4.79 Å². The summed E-state index contributed by atoms with van der Waals surface area (Å²) in [6.07, 6.45) is 0. The van der Waals surface area contributed by atoms with Gasteiger partial charge in [-0.3, -0.25) is 4.79 Å². The summed E-state index contributed by atoms with van der Waals surface area (Å²) in [7, 11) is 0. The van der Waals surface area contributed by atoms with E-state index in [2.05, 4.69) is 26.2 Å². The maximum absolute atomic E-state index is 12.1. The summed E-state index contributed by atoms with van der Waals surface area (Å²) in [5.74, 6) is -0.268. The summed E-state index contributed by atoms with van der Waals surface area (Å²) in [5.41, 5.74) is 1.73. The molecule has 0 saturated heterocycles. The van der Waals surface area contributed by atoms with Gasteiger partial charge in [0.05, 0.1) is 15.2 Å². The molecule has 19 heavy (non-hydrogen) atoms. The second kappa shape index (κ2) is 5.90. The van der Waals surface area contributed by atoms with E-state index >= 15 is 0 Å². The minimum atomic E-state index is -0.268. The third-order valence-electron chi connectivity index (χ3n) is 2.38. The first kappa shape index (κ1) is 14.3. The van der Waals surface area contributed by atoms with Crippen molar-refractivity contribution in [2.45, 2.75) is 6.92 Å². The number of hydrogen-bond donors (Lipinski definition) is 1. The van der Waals surface area contributed by atoms with Crippen LogP contribution in [0, 0.1) is 6.92 Å². The van der Waals surface area contributed by atoms with Crippen LogP contribution in [0.5, 0.6) is 0 Å². The zero-order chi connectivity index (χ0) is 14.0. The Bertz CT molecular complexity index is 626. The number of hydrogen-bond acceptors (Lipinski definition) is 2. The van der Waals surface area contributed by atoms with Crippen LogP contribution in [-0.2, 0) is 0 Å². The topological polar surface area (TPSA) is 42.0 Å². The first-order valence-corrected chi connectivity index (χ1v) is 6.92. The first-order valence-electron chi connectivity index (χ1n) is 5.37. The molecule has 1 heterocycles. The molecule has 6 heteroatoms. The van der Waals surface area contributed by atoms with E-state index in [1.807, 2.05) is 0 Å². The Balaban J connectivity index is 2.28. The number of aryl methyl sites for hydroxylation is 1. The van der Waals surface area contributed by atoms with E-state index < -0.39 is 0 Å². The zero-order valence-electron chi connectivity index (χ0n) is 9.88. The number of amides is 1. The van der Waals surface area contributed by atoms with Gasteiger partial charge in [0.1, 0.15) is 5.15 Å². The van der Waals surface area contributed by atoms with Crippen molar-refractivity contribution in [3.63, 3.8) is 0 Å². The van der Waals surface area contributed by atoms with Crippen molar-refractivity contribution in [1.29, 1.82) is 0 Å². The highest BCUT2D eigenvalue weighted by atomic mass is 79.9. The Labute approximate surface area is 129 Å². The molecule has 0 spiro atoms. The number of rotatable bonds is 2. The summed E-state index contributed by atoms with van der Waals surface area (Å²) in [6, 6.07) is 8.42. The summed E-state index contributed by atoms with van der Waals surface area (Å²) in [5, 5.41) is 3.58. The lowest BCUT2D eigenvalue weighted by molar-refractivity contribution is 0.102. The van der Waals surface area contributed by atoms with Crippen molar-refractivity contribution in [2.24, 2.45) is 0 Å². The Hall–Kier alpha value is -1.10. The lowest BCUT2D eigenvalue weighted by atomic mass is 10.2. The van der Waals surface area contributed by atoms with Gasteiger partial charge in [-0.1, -0.05) is 29.3 Å². The van der Waals surface area contributed by atoms with Gasteiger partial charge in [0.2, 0.25) is 0 Å². The van der Waals surface area contributed by atoms with Gasteiger partial charge in [-0.2, -0.15) is 0 Å². The van der Waals surface area contributed by atoms with Crippen molar-refractivity contribution in [1.82, 2.24) is 4.98 Å². The van der Waals surface area contributed by atoms with Gasteiger partial charge in [-0.25, -0.2) is 4.98 Å². The van der Waals surface area contributed by atoms with E-state index in [0.717, 1.165) is 0 Å². The lowest BCUT2D eigenvalue weighted by Crippen LogP contribution is -2.13. The van der Waals surface area contributed by atoms with Crippen LogP contribution in [-0.4, -0.2) is 10.9 Å². The van der Waals surface area contributed by atoms with Gasteiger partial charge in [0, 0.05) is 11.3 Å². The fourth-order valence-corrected chi connectivity index (χ4v) is 2.34. The van der Waals surface area contributed by atoms with Gasteiger partial charge in [0.25, 0.3) is 5.91 Å². The number of nitrogens with one attached hydrogen (secondary N) is 1. The largest absolute Gasteiger partial charge is 0.321 e. The molecule has 98 valence electrons. The van der Waals surface area contributed by atoms with Gasteiger partial charge >= 0.3 is 0 Å². The van der Waals surface area contributed by atoms with Crippen LogP contribution in [0.4, 0.5) is 5.69 Å². The summed E-state index contributed by atoms with van der Waals surface area (Å²) >= 11 is 15.1. The minimum absolute atomic E-state index is 0.268. The average Bonchev–Trinajstić information content (AvgIpc) is 2.33. The number of anilines is 1. The smallest absolute Gasteiger partial charge is 0.255 e. The van der Waals surface area contributed by atoms with Crippen LogP contribution >= 0.6 is 39.1 Å². The Morgan fingerprint density at radius 2 is 2.05 bits per heavy atom. The van der Waals surface area contributed by atoms with Crippen molar-refractivity contribution >= 4 is 50.7 Å². The third kappa shape index (κ3) is 3.47. The summed E-state index contributed by atoms with van der Waals surface area (Å²) < 4.78 is 0.641. The van der Waals surface area contributed by atoms with Crippen LogP contribution in [0.15, 0.2) is 34.8 Å². The van der Waals surface area contributed by atoms with Crippen LogP contribution in [0.1, 0.15) is 16.1 Å². The second-order valence-electron chi connectivity index (χ2n) is 3.88. The monoisotopic (exact) mass is 358 g/mol. The molecular weight excluding hydrogens is 351 g/mol. The molecule has 1 amide bonds. The molecule has 0 aliphatic heterocycles. The molecule has 0 aliphatic rings. The van der Waals surface area contributed by atoms with E-state index in [-0.39, 0.29) is 11.1 Å². The molecular formula is C13H9BrCl2N2O. The number of carbonyl (C=O) groups excluding carboxylic acids is 1. The Morgan fingerprint density at radius 1 is 1.32 bits per heavy atom. The summed E-state index contributed by atoms with van der Waals surface area (Å²) in [6.45, 7) is 1.78. The number of aromatic nitrogens is 1. The van der Waals surface area contributed by atoms with Crippen molar-refractivity contribution in [3.05, 3.63) is 56.2 Å². The average molecular weight is 360 g/mol. The molecule has 0 aliphatic carbocycles. The van der Waals surface area contributed by atoms with Gasteiger partial charge in [-0.15, -0.1) is 0 Å². The first-order chi connectivity index (χ1) is 8.97. The molecule has 0 bridgehead atoms. The molecule has 0 unspecified atom stereocenters. The van der Waals surface area contributed by atoms with E-state index in [1.54, 1.807) is 31.2 Å². The third-order valence-corrected chi connectivity index (χ3v) is 3.98. The quantitative estimate of drug-likeness (QED) is 0.789. The van der Waals surface area contributed by atoms with E-state index in [4.69, 9.17) is 23.2 Å². The predicted molar refractivity (Wildman–Crippen MR) is 81.1 cm³/mol. The minimum Gasteiger partial charge on any atom is -0.321 e. The van der Waals surface area contributed by atoms with Crippen LogP contribution in [0.25, 0.3) is 0 Å². The number of carbonyl (C=O) groups is 1. The zero-order valence-corrected chi connectivity index (χ0v) is 13.0. The van der Waals surface area contributed by atoms with Crippen molar-refractivity contribution in [2.75, 3.05) is 5.32 Å². The Morgan fingerprint density at radius 3 is 2.74 bits per heavy atom. The molecule has 2 rings (SSSR count). The number of halogens is 3. The fourth-order valence-electron chi connectivity index (χ4n) is 1.55. The number of pyridine rings is 1. The lowest BCUT2D eigenvalue weighted by Gasteiger charge is -2.09. The molecule has 1 N–H and O–H groups in total. The standard InChI is InChI=1S/C13H9BrCl2N2O/c1-7-5-8(6-11(16)17-7)13(19)18-10-4-2-3-9(15)12(10)14/h2-6H,1H3,(H,18,19). The fraction of sp³-hybridized carbons (Fsp3) is 0.0769. The van der Waals surface area contributed by atoms with E-state index in [9.17, 15) is 4.79 Å². The number of nitrogens with zero attached hydrogens (tertiary/aromatic N) is 1. The normalized spacial score (nSPS) is 10.3. The van der Waals surface area contributed by atoms with E-state index in [0.29, 0.717) is 26.4 Å². The van der Waals surface area contributed by atoms with Gasteiger partial charge in [0.15, 0.2) is 0 Å². The molecule has 2 aromatic rings. The highest BCUT2D eigenvalue weighted by molar-refractivity contribution is 9.10. The SMILES string of the molecule is Cc1cc(C(=O)Nc2cccc(Cl)c2Br)cc(Cl)n1. The van der Waals surface area contributed by atoms with Crippen molar-refractivity contribution in [3.8, 4) is 0 Å². The molecule has 0 atom stereocenters. The van der Waals surface area contributed by atoms with Gasteiger partial charge < -0.3 is 5.32 Å².